The van der Waals surface area contributed by atoms with Crippen molar-refractivity contribution in [1.29, 1.82) is 0 Å². The van der Waals surface area contributed by atoms with E-state index in [2.05, 4.69) is 18.4 Å². The molecule has 11 heavy (non-hydrogen) atoms. The second-order valence-corrected chi connectivity index (χ2v) is 3.91. The van der Waals surface area contributed by atoms with Gasteiger partial charge in [0.1, 0.15) is 0 Å². The van der Waals surface area contributed by atoms with E-state index in [1.807, 2.05) is 12.1 Å². The van der Waals surface area contributed by atoms with Crippen LogP contribution in [-0.2, 0) is 0 Å². The molecule has 0 saturated heterocycles. The minimum Gasteiger partial charge on any atom is -0.144 e. The van der Waals surface area contributed by atoms with Gasteiger partial charge in [0.05, 0.1) is 0 Å². The van der Waals surface area contributed by atoms with Crippen molar-refractivity contribution in [2.45, 2.75) is 6.92 Å². The minimum absolute atomic E-state index is 0.827. The van der Waals surface area contributed by atoms with Gasteiger partial charge in [-0.25, -0.2) is 0 Å². The summed E-state index contributed by atoms with van der Waals surface area (Å²) in [6.07, 6.45) is 0. The third kappa shape index (κ3) is 1.15. The fourth-order valence-corrected chi connectivity index (χ4v) is 2.36. The van der Waals surface area contributed by atoms with Crippen molar-refractivity contribution < 1.29 is 0 Å². The van der Waals surface area contributed by atoms with Crippen molar-refractivity contribution in [3.8, 4) is 0 Å². The van der Waals surface area contributed by atoms with Crippen molar-refractivity contribution in [3.05, 3.63) is 34.2 Å². The Balaban J connectivity index is 2.91. The average molecular weight is 183 g/mol. The molecule has 0 atom stereocenters. The molecule has 0 saturated carbocycles. The Bertz CT molecular complexity index is 389. The number of hydrogen-bond donors (Lipinski definition) is 0. The van der Waals surface area contributed by atoms with Gasteiger partial charge in [0.2, 0.25) is 0 Å². The van der Waals surface area contributed by atoms with Gasteiger partial charge in [-0.1, -0.05) is 11.6 Å². The lowest BCUT2D eigenvalue weighted by Gasteiger charge is -1.95. The Labute approximate surface area is 74.4 Å². The van der Waals surface area contributed by atoms with Gasteiger partial charge in [-0.15, -0.1) is 11.3 Å². The molecule has 0 aliphatic rings. The highest BCUT2D eigenvalue weighted by atomic mass is 35.5. The first kappa shape index (κ1) is 7.14. The van der Waals surface area contributed by atoms with Crippen molar-refractivity contribution in [2.75, 3.05) is 0 Å². The van der Waals surface area contributed by atoms with Crippen LogP contribution in [0.3, 0.4) is 0 Å². The number of hydrogen-bond acceptors (Lipinski definition) is 1. The van der Waals surface area contributed by atoms with E-state index in [-0.39, 0.29) is 0 Å². The van der Waals surface area contributed by atoms with Crippen LogP contribution in [0.25, 0.3) is 10.1 Å². The fraction of sp³-hybridized carbons (Fsp3) is 0.111. The van der Waals surface area contributed by atoms with E-state index in [1.54, 1.807) is 11.3 Å². The van der Waals surface area contributed by atoms with E-state index in [1.165, 1.54) is 15.6 Å². The fourth-order valence-electron chi connectivity index (χ4n) is 1.22. The Kier molecular flexibility index (Phi) is 1.63. The van der Waals surface area contributed by atoms with Crippen molar-refractivity contribution in [2.24, 2.45) is 0 Å². The first-order valence-corrected chi connectivity index (χ1v) is 4.66. The van der Waals surface area contributed by atoms with E-state index in [0.717, 1.165) is 5.02 Å². The van der Waals surface area contributed by atoms with Crippen molar-refractivity contribution in [1.82, 2.24) is 0 Å². The lowest BCUT2D eigenvalue weighted by atomic mass is 10.2. The molecule has 56 valence electrons. The van der Waals surface area contributed by atoms with E-state index in [9.17, 15) is 0 Å². The van der Waals surface area contributed by atoms with Gasteiger partial charge in [0, 0.05) is 9.72 Å². The maximum atomic E-state index is 5.89. The van der Waals surface area contributed by atoms with Crippen LogP contribution in [0.4, 0.5) is 0 Å². The van der Waals surface area contributed by atoms with Crippen LogP contribution >= 0.6 is 22.9 Å². The normalized spacial score (nSPS) is 10.7. The minimum atomic E-state index is 0.827. The first-order valence-electron chi connectivity index (χ1n) is 3.41. The smallest absolute Gasteiger partial charge is 0.0415 e. The maximum absolute atomic E-state index is 5.89. The monoisotopic (exact) mass is 182 g/mol. The SMILES string of the molecule is Cc1cc(Cl)cc2ccsc12. The molecule has 1 aromatic heterocycles. The van der Waals surface area contributed by atoms with E-state index in [0.29, 0.717) is 0 Å². The van der Waals surface area contributed by atoms with Crippen molar-refractivity contribution in [3.63, 3.8) is 0 Å². The van der Waals surface area contributed by atoms with Gasteiger partial charge in [-0.2, -0.15) is 0 Å². The summed E-state index contributed by atoms with van der Waals surface area (Å²) in [5, 5.41) is 4.17. The number of benzene rings is 1. The van der Waals surface area contributed by atoms with Gasteiger partial charge in [0.15, 0.2) is 0 Å². The van der Waals surface area contributed by atoms with Crippen LogP contribution in [0, 0.1) is 6.92 Å². The number of rotatable bonds is 0. The molecule has 1 aromatic carbocycles. The molecule has 0 nitrogen and oxygen atoms in total. The molecule has 2 rings (SSSR count). The Morgan fingerprint density at radius 1 is 1.36 bits per heavy atom. The second-order valence-electron chi connectivity index (χ2n) is 2.56. The summed E-state index contributed by atoms with van der Waals surface area (Å²) in [6, 6.07) is 6.10. The summed E-state index contributed by atoms with van der Waals surface area (Å²) in [5.74, 6) is 0. The zero-order chi connectivity index (χ0) is 7.84. The summed E-state index contributed by atoms with van der Waals surface area (Å²) >= 11 is 7.65. The molecule has 0 radical (unpaired) electrons. The third-order valence-corrected chi connectivity index (χ3v) is 2.99. The highest BCUT2D eigenvalue weighted by Crippen LogP contribution is 2.27. The van der Waals surface area contributed by atoms with E-state index in [4.69, 9.17) is 11.6 Å². The molecule has 2 heteroatoms. The van der Waals surface area contributed by atoms with Gasteiger partial charge in [0.25, 0.3) is 0 Å². The van der Waals surface area contributed by atoms with Gasteiger partial charge < -0.3 is 0 Å². The number of aryl methyl sites for hydroxylation is 1. The summed E-state index contributed by atoms with van der Waals surface area (Å²) < 4.78 is 1.34. The lowest BCUT2D eigenvalue weighted by Crippen LogP contribution is -1.71. The van der Waals surface area contributed by atoms with Crippen LogP contribution in [0.5, 0.6) is 0 Å². The van der Waals surface area contributed by atoms with Crippen LogP contribution in [0.2, 0.25) is 5.02 Å². The highest BCUT2D eigenvalue weighted by Gasteiger charge is 1.99. The molecular weight excluding hydrogens is 176 g/mol. The summed E-state index contributed by atoms with van der Waals surface area (Å²) in [5.41, 5.74) is 1.27. The molecule has 0 unspecified atom stereocenters. The van der Waals surface area contributed by atoms with Crippen LogP contribution < -0.4 is 0 Å². The molecule has 2 aromatic rings. The molecule has 0 spiro atoms. The van der Waals surface area contributed by atoms with E-state index >= 15 is 0 Å². The summed E-state index contributed by atoms with van der Waals surface area (Å²) in [4.78, 5) is 0. The lowest BCUT2D eigenvalue weighted by molar-refractivity contribution is 1.56. The predicted octanol–water partition coefficient (Wildman–Crippen LogP) is 3.86. The molecule has 0 fully saturated rings. The largest absolute Gasteiger partial charge is 0.144 e. The molecular formula is C9H7ClS. The average Bonchev–Trinajstić information content (AvgIpc) is 2.34. The van der Waals surface area contributed by atoms with Crippen molar-refractivity contribution >= 4 is 33.0 Å². The number of fused-ring (bicyclic) bond motifs is 1. The Morgan fingerprint density at radius 2 is 2.18 bits per heavy atom. The van der Waals surface area contributed by atoms with Gasteiger partial charge >= 0.3 is 0 Å². The molecule has 0 aliphatic carbocycles. The number of thiophene rings is 1. The zero-order valence-electron chi connectivity index (χ0n) is 6.10. The molecule has 0 bridgehead atoms. The molecule has 0 amide bonds. The first-order chi connectivity index (χ1) is 5.27. The summed E-state index contributed by atoms with van der Waals surface area (Å²) in [6.45, 7) is 2.09. The zero-order valence-corrected chi connectivity index (χ0v) is 7.67. The predicted molar refractivity (Wildman–Crippen MR) is 51.6 cm³/mol. The Morgan fingerprint density at radius 3 is 3.00 bits per heavy atom. The van der Waals surface area contributed by atoms with Crippen LogP contribution in [0.1, 0.15) is 5.56 Å². The standard InChI is InChI=1S/C9H7ClS/c1-6-4-8(10)5-7-2-3-11-9(6)7/h2-5H,1H3. The second kappa shape index (κ2) is 2.50. The highest BCUT2D eigenvalue weighted by molar-refractivity contribution is 7.17. The topological polar surface area (TPSA) is 0 Å². The Hall–Kier alpha value is -0.530. The quantitative estimate of drug-likeness (QED) is 0.581. The number of halogens is 1. The third-order valence-electron chi connectivity index (χ3n) is 1.70. The van der Waals surface area contributed by atoms with Crippen LogP contribution in [-0.4, -0.2) is 0 Å². The van der Waals surface area contributed by atoms with Gasteiger partial charge in [-0.3, -0.25) is 0 Å². The maximum Gasteiger partial charge on any atom is 0.0415 e. The molecule has 0 aliphatic heterocycles. The summed E-state index contributed by atoms with van der Waals surface area (Å²) in [7, 11) is 0. The molecule has 0 N–H and O–H groups in total. The molecule has 1 heterocycles. The van der Waals surface area contributed by atoms with E-state index < -0.39 is 0 Å². The van der Waals surface area contributed by atoms with Gasteiger partial charge in [-0.05, 0) is 41.5 Å². The van der Waals surface area contributed by atoms with Crippen LogP contribution in [0.15, 0.2) is 23.6 Å².